The molecule has 1 aliphatic rings. The monoisotopic (exact) mass is 127 g/mol. The zero-order chi connectivity index (χ0) is 6.53. The van der Waals surface area contributed by atoms with Crippen LogP contribution >= 0.6 is 0 Å². The molecule has 0 aromatic rings. The first-order valence-electron chi connectivity index (χ1n) is 3.70. The molecule has 53 valence electrons. The van der Waals surface area contributed by atoms with Gasteiger partial charge in [-0.15, -0.1) is 0 Å². The van der Waals surface area contributed by atoms with Crippen molar-refractivity contribution in [1.82, 2.24) is 10.6 Å². The minimum Gasteiger partial charge on any atom is -0.317 e. The number of nitrogens with zero attached hydrogens (tertiary/aromatic N) is 1. The second kappa shape index (κ2) is 3.85. The number of hydrogen-bond donors (Lipinski definition) is 1. The lowest BCUT2D eigenvalue weighted by atomic mass is 9.98. The molecule has 2 nitrogen and oxygen atoms in total. The number of piperidine rings is 1. The van der Waals surface area contributed by atoms with Crippen LogP contribution in [-0.4, -0.2) is 26.7 Å². The van der Waals surface area contributed by atoms with Crippen LogP contribution in [0.2, 0.25) is 0 Å². The summed E-state index contributed by atoms with van der Waals surface area (Å²) in [6.45, 7) is 3.46. The lowest BCUT2D eigenvalue weighted by Crippen LogP contribution is -2.30. The summed E-state index contributed by atoms with van der Waals surface area (Å²) >= 11 is 0. The molecule has 1 saturated heterocycles. The minimum absolute atomic E-state index is 0.872. The highest BCUT2D eigenvalue weighted by Crippen LogP contribution is 2.09. The van der Waals surface area contributed by atoms with Crippen LogP contribution in [0.25, 0.3) is 0 Å². The molecule has 0 aliphatic carbocycles. The SMILES string of the molecule is C[N]CC1CCNCC1. The normalized spacial score (nSPS) is 22.3. The van der Waals surface area contributed by atoms with Crippen LogP contribution in [0.4, 0.5) is 0 Å². The first kappa shape index (κ1) is 7.03. The Morgan fingerprint density at radius 1 is 1.44 bits per heavy atom. The Morgan fingerprint density at radius 2 is 2.11 bits per heavy atom. The van der Waals surface area contributed by atoms with E-state index < -0.39 is 0 Å². The summed E-state index contributed by atoms with van der Waals surface area (Å²) in [5.74, 6) is 0.872. The van der Waals surface area contributed by atoms with Crippen molar-refractivity contribution >= 4 is 0 Å². The molecule has 1 heterocycles. The Labute approximate surface area is 57.0 Å². The van der Waals surface area contributed by atoms with Crippen molar-refractivity contribution < 1.29 is 0 Å². The zero-order valence-electron chi connectivity index (χ0n) is 6.06. The van der Waals surface area contributed by atoms with E-state index in [9.17, 15) is 0 Å². The predicted molar refractivity (Wildman–Crippen MR) is 38.5 cm³/mol. The molecule has 1 aliphatic heterocycles. The lowest BCUT2D eigenvalue weighted by molar-refractivity contribution is 0.363. The molecule has 0 aromatic carbocycles. The van der Waals surface area contributed by atoms with E-state index in [2.05, 4.69) is 10.6 Å². The molecular weight excluding hydrogens is 112 g/mol. The van der Waals surface area contributed by atoms with Crippen molar-refractivity contribution in [1.29, 1.82) is 0 Å². The molecule has 0 aromatic heterocycles. The summed E-state index contributed by atoms with van der Waals surface area (Å²) in [5, 5.41) is 7.46. The average molecular weight is 127 g/mol. The van der Waals surface area contributed by atoms with E-state index in [0.29, 0.717) is 0 Å². The third-order valence-electron chi connectivity index (χ3n) is 1.90. The Balaban J connectivity index is 2.08. The van der Waals surface area contributed by atoms with Crippen LogP contribution < -0.4 is 10.6 Å². The van der Waals surface area contributed by atoms with E-state index in [0.717, 1.165) is 12.5 Å². The summed E-state index contributed by atoms with van der Waals surface area (Å²) in [5.41, 5.74) is 0. The molecule has 2 heteroatoms. The Bertz CT molecular complexity index is 64.6. The highest BCUT2D eigenvalue weighted by Gasteiger charge is 2.10. The Hall–Kier alpha value is -0.0800. The fourth-order valence-corrected chi connectivity index (χ4v) is 1.32. The summed E-state index contributed by atoms with van der Waals surface area (Å²) in [6, 6.07) is 0. The van der Waals surface area contributed by atoms with Gasteiger partial charge in [0.05, 0.1) is 0 Å². The van der Waals surface area contributed by atoms with Crippen LogP contribution in [0.1, 0.15) is 12.8 Å². The maximum atomic E-state index is 4.13. The van der Waals surface area contributed by atoms with E-state index in [-0.39, 0.29) is 0 Å². The molecule has 1 radical (unpaired) electrons. The molecule has 0 saturated carbocycles. The van der Waals surface area contributed by atoms with Gasteiger partial charge in [-0.05, 0) is 31.8 Å². The van der Waals surface area contributed by atoms with E-state index in [1.165, 1.54) is 25.9 Å². The third-order valence-corrected chi connectivity index (χ3v) is 1.90. The van der Waals surface area contributed by atoms with Gasteiger partial charge in [0, 0.05) is 13.6 Å². The number of hydrogen-bond acceptors (Lipinski definition) is 1. The summed E-state index contributed by atoms with van der Waals surface area (Å²) in [7, 11) is 1.90. The quantitative estimate of drug-likeness (QED) is 0.564. The summed E-state index contributed by atoms with van der Waals surface area (Å²) in [4.78, 5) is 0. The van der Waals surface area contributed by atoms with Crippen molar-refractivity contribution in [3.8, 4) is 0 Å². The first-order chi connectivity index (χ1) is 4.43. The third kappa shape index (κ3) is 2.33. The van der Waals surface area contributed by atoms with Crippen molar-refractivity contribution in [2.24, 2.45) is 5.92 Å². The molecule has 9 heavy (non-hydrogen) atoms. The molecule has 1 fully saturated rings. The van der Waals surface area contributed by atoms with E-state index in [1.54, 1.807) is 0 Å². The maximum Gasteiger partial charge on any atom is 0.0159 e. The number of rotatable bonds is 2. The van der Waals surface area contributed by atoms with Crippen molar-refractivity contribution in [2.45, 2.75) is 12.8 Å². The van der Waals surface area contributed by atoms with Crippen LogP contribution in [0.3, 0.4) is 0 Å². The van der Waals surface area contributed by atoms with Crippen molar-refractivity contribution in [3.63, 3.8) is 0 Å². The van der Waals surface area contributed by atoms with E-state index >= 15 is 0 Å². The highest BCUT2D eigenvalue weighted by molar-refractivity contribution is 4.68. The molecule has 0 spiro atoms. The van der Waals surface area contributed by atoms with Gasteiger partial charge in [0.25, 0.3) is 0 Å². The molecule has 0 unspecified atom stereocenters. The fraction of sp³-hybridized carbons (Fsp3) is 1.00. The Morgan fingerprint density at radius 3 is 2.67 bits per heavy atom. The average Bonchev–Trinajstić information content (AvgIpc) is 1.91. The van der Waals surface area contributed by atoms with Crippen LogP contribution in [0.5, 0.6) is 0 Å². The minimum atomic E-state index is 0.872. The van der Waals surface area contributed by atoms with Gasteiger partial charge in [0.1, 0.15) is 0 Å². The summed E-state index contributed by atoms with van der Waals surface area (Å²) in [6.07, 6.45) is 2.63. The molecule has 1 rings (SSSR count). The smallest absolute Gasteiger partial charge is 0.0159 e. The van der Waals surface area contributed by atoms with Crippen LogP contribution in [-0.2, 0) is 0 Å². The molecule has 0 bridgehead atoms. The van der Waals surface area contributed by atoms with Crippen LogP contribution in [0, 0.1) is 5.92 Å². The predicted octanol–water partition coefficient (Wildman–Crippen LogP) is 0.220. The van der Waals surface area contributed by atoms with Gasteiger partial charge in [-0.2, -0.15) is 0 Å². The van der Waals surface area contributed by atoms with E-state index in [4.69, 9.17) is 0 Å². The molecular formula is C7H15N2. The van der Waals surface area contributed by atoms with Crippen molar-refractivity contribution in [2.75, 3.05) is 26.7 Å². The maximum absolute atomic E-state index is 4.13. The van der Waals surface area contributed by atoms with Gasteiger partial charge < -0.3 is 5.32 Å². The largest absolute Gasteiger partial charge is 0.317 e. The van der Waals surface area contributed by atoms with Gasteiger partial charge in [0.15, 0.2) is 0 Å². The first-order valence-corrected chi connectivity index (χ1v) is 3.70. The van der Waals surface area contributed by atoms with Gasteiger partial charge in [-0.25, -0.2) is 5.32 Å². The summed E-state index contributed by atoms with van der Waals surface area (Å²) < 4.78 is 0. The van der Waals surface area contributed by atoms with E-state index in [1.807, 2.05) is 7.05 Å². The Kier molecular flexibility index (Phi) is 3.01. The second-order valence-corrected chi connectivity index (χ2v) is 2.69. The van der Waals surface area contributed by atoms with Gasteiger partial charge in [-0.3, -0.25) is 0 Å². The standard InChI is InChI=1S/C7H15N2/c1-8-6-7-2-4-9-5-3-7/h7,9H,2-6H2,1H3. The molecule has 0 atom stereocenters. The topological polar surface area (TPSA) is 26.1 Å². The highest BCUT2D eigenvalue weighted by atomic mass is 14.9. The van der Waals surface area contributed by atoms with Gasteiger partial charge >= 0.3 is 0 Å². The van der Waals surface area contributed by atoms with Crippen molar-refractivity contribution in [3.05, 3.63) is 0 Å². The fourth-order valence-electron chi connectivity index (χ4n) is 1.32. The van der Waals surface area contributed by atoms with Gasteiger partial charge in [0.2, 0.25) is 0 Å². The lowest BCUT2D eigenvalue weighted by Gasteiger charge is -2.21. The number of nitrogens with one attached hydrogen (secondary N) is 1. The second-order valence-electron chi connectivity index (χ2n) is 2.69. The van der Waals surface area contributed by atoms with Gasteiger partial charge in [-0.1, -0.05) is 0 Å². The van der Waals surface area contributed by atoms with Crippen LogP contribution in [0.15, 0.2) is 0 Å². The molecule has 1 N–H and O–H groups in total. The molecule has 0 amide bonds. The zero-order valence-corrected chi connectivity index (χ0v) is 6.06.